The lowest BCUT2D eigenvalue weighted by Gasteiger charge is -2.15. The Morgan fingerprint density at radius 2 is 2.06 bits per heavy atom. The van der Waals surface area contributed by atoms with E-state index in [2.05, 4.69) is 4.90 Å². The van der Waals surface area contributed by atoms with Crippen LogP contribution in [0, 0.1) is 6.92 Å². The second kappa shape index (κ2) is 5.21. The van der Waals surface area contributed by atoms with E-state index in [9.17, 15) is 0 Å². The van der Waals surface area contributed by atoms with Crippen molar-refractivity contribution in [2.45, 2.75) is 19.8 Å². The van der Waals surface area contributed by atoms with Gasteiger partial charge in [0.15, 0.2) is 0 Å². The summed E-state index contributed by atoms with van der Waals surface area (Å²) in [5.41, 5.74) is 7.60. The molecule has 0 radical (unpaired) electrons. The SMILES string of the molecule is Cc1cc(N)ccc1OCCN1CCCC1. The summed E-state index contributed by atoms with van der Waals surface area (Å²) < 4.78 is 5.76. The van der Waals surface area contributed by atoms with Crippen molar-refractivity contribution in [2.75, 3.05) is 32.0 Å². The number of hydrogen-bond acceptors (Lipinski definition) is 3. The summed E-state index contributed by atoms with van der Waals surface area (Å²) in [6.45, 7) is 6.28. The molecule has 0 spiro atoms. The van der Waals surface area contributed by atoms with E-state index >= 15 is 0 Å². The molecule has 1 fully saturated rings. The molecule has 2 N–H and O–H groups in total. The van der Waals surface area contributed by atoms with Crippen molar-refractivity contribution in [2.24, 2.45) is 0 Å². The third-order valence-corrected chi connectivity index (χ3v) is 3.06. The lowest BCUT2D eigenvalue weighted by atomic mass is 10.2. The second-order valence-electron chi connectivity index (χ2n) is 4.42. The van der Waals surface area contributed by atoms with Gasteiger partial charge in [-0.1, -0.05) is 0 Å². The Hall–Kier alpha value is -1.22. The fourth-order valence-electron chi connectivity index (χ4n) is 2.13. The molecule has 88 valence electrons. The summed E-state index contributed by atoms with van der Waals surface area (Å²) in [5.74, 6) is 0.952. The van der Waals surface area contributed by atoms with Gasteiger partial charge in [0.25, 0.3) is 0 Å². The van der Waals surface area contributed by atoms with Gasteiger partial charge in [-0.25, -0.2) is 0 Å². The lowest BCUT2D eigenvalue weighted by molar-refractivity contribution is 0.237. The molecule has 3 heteroatoms. The van der Waals surface area contributed by atoms with Crippen molar-refractivity contribution >= 4 is 5.69 Å². The molecule has 2 rings (SSSR count). The Labute approximate surface area is 97.2 Å². The van der Waals surface area contributed by atoms with E-state index in [4.69, 9.17) is 10.5 Å². The van der Waals surface area contributed by atoms with Gasteiger partial charge in [0.1, 0.15) is 12.4 Å². The number of ether oxygens (including phenoxy) is 1. The minimum Gasteiger partial charge on any atom is -0.492 e. The first-order chi connectivity index (χ1) is 7.75. The predicted molar refractivity (Wildman–Crippen MR) is 66.8 cm³/mol. The number of rotatable bonds is 4. The molecule has 0 aromatic heterocycles. The molecule has 0 bridgehead atoms. The van der Waals surface area contributed by atoms with Gasteiger partial charge in [0, 0.05) is 12.2 Å². The first-order valence-electron chi connectivity index (χ1n) is 5.97. The number of nitrogens with zero attached hydrogens (tertiary/aromatic N) is 1. The summed E-state index contributed by atoms with van der Waals surface area (Å²) in [5, 5.41) is 0. The van der Waals surface area contributed by atoms with Gasteiger partial charge < -0.3 is 10.5 Å². The maximum absolute atomic E-state index is 5.76. The van der Waals surface area contributed by atoms with Crippen molar-refractivity contribution in [3.8, 4) is 5.75 Å². The zero-order valence-electron chi connectivity index (χ0n) is 9.91. The van der Waals surface area contributed by atoms with Crippen LogP contribution in [0.3, 0.4) is 0 Å². The molecule has 1 aliphatic heterocycles. The van der Waals surface area contributed by atoms with Crippen LogP contribution in [-0.2, 0) is 0 Å². The number of hydrogen-bond donors (Lipinski definition) is 1. The van der Waals surface area contributed by atoms with Crippen LogP contribution in [-0.4, -0.2) is 31.1 Å². The molecule has 1 aliphatic rings. The van der Waals surface area contributed by atoms with Crippen LogP contribution in [0.25, 0.3) is 0 Å². The fourth-order valence-corrected chi connectivity index (χ4v) is 2.13. The average molecular weight is 220 g/mol. The van der Waals surface area contributed by atoms with E-state index in [-0.39, 0.29) is 0 Å². The van der Waals surface area contributed by atoms with Crippen molar-refractivity contribution in [3.05, 3.63) is 23.8 Å². The van der Waals surface area contributed by atoms with Crippen LogP contribution in [0.15, 0.2) is 18.2 Å². The van der Waals surface area contributed by atoms with Crippen molar-refractivity contribution in [1.29, 1.82) is 0 Å². The number of likely N-dealkylation sites (tertiary alicyclic amines) is 1. The van der Waals surface area contributed by atoms with Crippen LogP contribution in [0.1, 0.15) is 18.4 Å². The topological polar surface area (TPSA) is 38.5 Å². The molecule has 1 aromatic carbocycles. The number of nitrogens with two attached hydrogens (primary N) is 1. The van der Waals surface area contributed by atoms with Crippen molar-refractivity contribution < 1.29 is 4.74 Å². The maximum atomic E-state index is 5.76. The summed E-state index contributed by atoms with van der Waals surface area (Å²) >= 11 is 0. The highest BCUT2D eigenvalue weighted by Crippen LogP contribution is 2.20. The normalized spacial score (nSPS) is 16.6. The van der Waals surface area contributed by atoms with E-state index in [0.717, 1.165) is 30.2 Å². The summed E-state index contributed by atoms with van der Waals surface area (Å²) in [7, 11) is 0. The van der Waals surface area contributed by atoms with E-state index < -0.39 is 0 Å². The zero-order valence-corrected chi connectivity index (χ0v) is 9.91. The lowest BCUT2D eigenvalue weighted by Crippen LogP contribution is -2.25. The Balaban J connectivity index is 1.80. The molecule has 1 saturated heterocycles. The summed E-state index contributed by atoms with van der Waals surface area (Å²) in [6.07, 6.45) is 2.67. The largest absolute Gasteiger partial charge is 0.492 e. The standard InChI is InChI=1S/C13H20N2O/c1-11-10-12(14)4-5-13(11)16-9-8-15-6-2-3-7-15/h4-5,10H,2-3,6-9,14H2,1H3. The molecular weight excluding hydrogens is 200 g/mol. The predicted octanol–water partition coefficient (Wildman–Crippen LogP) is 2.05. The van der Waals surface area contributed by atoms with Gasteiger partial charge in [0.05, 0.1) is 0 Å². The van der Waals surface area contributed by atoms with Gasteiger partial charge >= 0.3 is 0 Å². The smallest absolute Gasteiger partial charge is 0.122 e. The van der Waals surface area contributed by atoms with Crippen LogP contribution in [0.4, 0.5) is 5.69 Å². The minimum atomic E-state index is 0.769. The monoisotopic (exact) mass is 220 g/mol. The second-order valence-corrected chi connectivity index (χ2v) is 4.42. The molecular formula is C13H20N2O. The van der Waals surface area contributed by atoms with Gasteiger partial charge in [0.2, 0.25) is 0 Å². The average Bonchev–Trinajstić information content (AvgIpc) is 2.74. The number of anilines is 1. The molecule has 0 unspecified atom stereocenters. The van der Waals surface area contributed by atoms with E-state index in [0.29, 0.717) is 0 Å². The van der Waals surface area contributed by atoms with E-state index in [1.165, 1.54) is 25.9 Å². The van der Waals surface area contributed by atoms with Crippen molar-refractivity contribution in [1.82, 2.24) is 4.90 Å². The number of aryl methyl sites for hydroxylation is 1. The van der Waals surface area contributed by atoms with Crippen LogP contribution in [0.2, 0.25) is 0 Å². The quantitative estimate of drug-likeness (QED) is 0.789. The molecule has 16 heavy (non-hydrogen) atoms. The zero-order chi connectivity index (χ0) is 11.4. The van der Waals surface area contributed by atoms with Crippen LogP contribution < -0.4 is 10.5 Å². The minimum absolute atomic E-state index is 0.769. The highest BCUT2D eigenvalue weighted by molar-refractivity contribution is 5.47. The molecule has 0 saturated carbocycles. The van der Waals surface area contributed by atoms with Gasteiger partial charge in [-0.05, 0) is 56.6 Å². The van der Waals surface area contributed by atoms with Gasteiger partial charge in [-0.2, -0.15) is 0 Å². The van der Waals surface area contributed by atoms with Gasteiger partial charge in [-0.3, -0.25) is 4.90 Å². The third-order valence-electron chi connectivity index (χ3n) is 3.06. The third kappa shape index (κ3) is 2.89. The summed E-state index contributed by atoms with van der Waals surface area (Å²) in [6, 6.07) is 5.79. The van der Waals surface area contributed by atoms with Crippen LogP contribution >= 0.6 is 0 Å². The first kappa shape index (κ1) is 11.3. The molecule has 1 aromatic rings. The Bertz CT molecular complexity index is 346. The molecule has 0 atom stereocenters. The van der Waals surface area contributed by atoms with E-state index in [1.54, 1.807) is 0 Å². The fraction of sp³-hybridized carbons (Fsp3) is 0.538. The Morgan fingerprint density at radius 3 is 2.75 bits per heavy atom. The van der Waals surface area contributed by atoms with E-state index in [1.807, 2.05) is 25.1 Å². The number of benzene rings is 1. The molecule has 3 nitrogen and oxygen atoms in total. The van der Waals surface area contributed by atoms with Crippen LogP contribution in [0.5, 0.6) is 5.75 Å². The Morgan fingerprint density at radius 1 is 1.31 bits per heavy atom. The highest BCUT2D eigenvalue weighted by Gasteiger charge is 2.10. The molecule has 0 amide bonds. The number of nitrogen functional groups attached to an aromatic ring is 1. The summed E-state index contributed by atoms with van der Waals surface area (Å²) in [4.78, 5) is 2.45. The highest BCUT2D eigenvalue weighted by atomic mass is 16.5. The first-order valence-corrected chi connectivity index (χ1v) is 5.97. The molecule has 1 heterocycles. The Kier molecular flexibility index (Phi) is 3.67. The molecule has 0 aliphatic carbocycles. The van der Waals surface area contributed by atoms with Gasteiger partial charge in [-0.15, -0.1) is 0 Å². The maximum Gasteiger partial charge on any atom is 0.122 e. The van der Waals surface area contributed by atoms with Crippen molar-refractivity contribution in [3.63, 3.8) is 0 Å².